The molecule has 1 aliphatic heterocycles. The summed E-state index contributed by atoms with van der Waals surface area (Å²) < 4.78 is 43.5. The van der Waals surface area contributed by atoms with Crippen molar-refractivity contribution in [2.24, 2.45) is 5.73 Å². The van der Waals surface area contributed by atoms with E-state index in [1.165, 1.54) is 24.3 Å². The van der Waals surface area contributed by atoms with E-state index < -0.39 is 42.5 Å². The van der Waals surface area contributed by atoms with Crippen molar-refractivity contribution in [3.63, 3.8) is 0 Å². The largest absolute Gasteiger partial charge is 0.491 e. The molecule has 47 heavy (non-hydrogen) atoms. The van der Waals surface area contributed by atoms with Crippen LogP contribution in [0.4, 0.5) is 13.2 Å². The van der Waals surface area contributed by atoms with Gasteiger partial charge in [-0.25, -0.2) is 9.59 Å². The third kappa shape index (κ3) is 13.1. The molecule has 0 unspecified atom stereocenters. The van der Waals surface area contributed by atoms with Gasteiger partial charge < -0.3 is 40.7 Å². The first kappa shape index (κ1) is 37.6. The van der Waals surface area contributed by atoms with Gasteiger partial charge in [0.25, 0.3) is 5.91 Å². The number of nitrogens with zero attached hydrogens (tertiary/aromatic N) is 1. The number of carboxylic acids is 3. The summed E-state index contributed by atoms with van der Waals surface area (Å²) in [6.07, 6.45) is -1.69. The molecule has 0 aromatic heterocycles. The highest BCUT2D eigenvalue weighted by Gasteiger charge is 2.38. The first-order chi connectivity index (χ1) is 22.0. The third-order valence-corrected chi connectivity index (χ3v) is 6.50. The van der Waals surface area contributed by atoms with Crippen LogP contribution >= 0.6 is 0 Å². The molecule has 254 valence electrons. The predicted octanol–water partition coefficient (Wildman–Crippen LogP) is 3.19. The van der Waals surface area contributed by atoms with E-state index in [0.29, 0.717) is 28.3 Å². The maximum atomic E-state index is 12.9. The van der Waals surface area contributed by atoms with Crippen LogP contribution in [-0.4, -0.2) is 93.7 Å². The van der Waals surface area contributed by atoms with Gasteiger partial charge in [-0.3, -0.25) is 20.4 Å². The summed E-state index contributed by atoms with van der Waals surface area (Å²) in [6.45, 7) is 3.04. The molecule has 1 amide bonds. The normalized spacial score (nSPS) is 13.9. The number of carboxylic acid groups (broad SMARTS) is 3. The molecule has 14 nitrogen and oxygen atoms in total. The number of carbonyl (C=O) groups is 4. The second kappa shape index (κ2) is 17.2. The van der Waals surface area contributed by atoms with Crippen LogP contribution in [0.5, 0.6) is 11.5 Å². The summed E-state index contributed by atoms with van der Waals surface area (Å²) in [5.74, 6) is -4.47. The summed E-state index contributed by atoms with van der Waals surface area (Å²) in [5, 5.41) is 43.5. The van der Waals surface area contributed by atoms with E-state index in [-0.39, 0.29) is 24.3 Å². The van der Waals surface area contributed by atoms with Crippen molar-refractivity contribution >= 4 is 41.6 Å². The number of piperidine rings is 1. The Morgan fingerprint density at radius 2 is 1.62 bits per heavy atom. The van der Waals surface area contributed by atoms with Crippen molar-refractivity contribution in [2.45, 2.75) is 44.5 Å². The van der Waals surface area contributed by atoms with Crippen LogP contribution in [0.2, 0.25) is 0 Å². The standard InChI is InChI=1S/C28H33N5O7.C2HF3O2/c1-17(29)33-12-10-23(11-13-33)40-22-7-4-19(5-8-22)28(38)32-21(15-26(36)37)16-39-24-14-20(27(30)31)3-2-18(24)6-9-25(34)35;3-2(4,5)1(6)7/h2-9,14,21,23,29H,10-13,15-16H2,1H3,(H3,30,31)(H,32,38)(H,34,35)(H,36,37);(H,6,7)/b9-6+,29-17?;/t21-;/m1./s1. The second-order valence-electron chi connectivity index (χ2n) is 10.1. The Hall–Kier alpha value is -5.61. The van der Waals surface area contributed by atoms with Crippen LogP contribution in [0.15, 0.2) is 48.5 Å². The van der Waals surface area contributed by atoms with Gasteiger partial charge in [0.1, 0.15) is 30.0 Å². The van der Waals surface area contributed by atoms with Crippen molar-refractivity contribution in [3.8, 4) is 11.5 Å². The lowest BCUT2D eigenvalue weighted by Crippen LogP contribution is -2.41. The first-order valence-corrected chi connectivity index (χ1v) is 13.9. The zero-order valence-corrected chi connectivity index (χ0v) is 25.0. The molecule has 2 aromatic rings. The topological polar surface area (TPSA) is 236 Å². The fraction of sp³-hybridized carbons (Fsp3) is 0.333. The summed E-state index contributed by atoms with van der Waals surface area (Å²) in [7, 11) is 0. The maximum Gasteiger partial charge on any atom is 0.490 e. The van der Waals surface area contributed by atoms with E-state index in [1.54, 1.807) is 31.2 Å². The van der Waals surface area contributed by atoms with E-state index in [2.05, 4.69) is 5.32 Å². The van der Waals surface area contributed by atoms with Gasteiger partial charge in [-0.15, -0.1) is 0 Å². The molecule has 17 heteroatoms. The number of carbonyl (C=O) groups excluding carboxylic acids is 1. The minimum atomic E-state index is -5.08. The molecular formula is C30H34F3N5O9. The quantitative estimate of drug-likeness (QED) is 0.0987. The number of hydrogen-bond acceptors (Lipinski definition) is 8. The Balaban J connectivity index is 0.000000984. The predicted molar refractivity (Wildman–Crippen MR) is 162 cm³/mol. The fourth-order valence-corrected chi connectivity index (χ4v) is 4.13. The minimum Gasteiger partial charge on any atom is -0.491 e. The lowest BCUT2D eigenvalue weighted by atomic mass is 10.1. The van der Waals surface area contributed by atoms with Crippen LogP contribution in [0.3, 0.4) is 0 Å². The number of hydrogen-bond donors (Lipinski definition) is 7. The van der Waals surface area contributed by atoms with Gasteiger partial charge in [-0.1, -0.05) is 12.1 Å². The lowest BCUT2D eigenvalue weighted by Gasteiger charge is -2.32. The number of amidine groups is 2. The molecule has 1 saturated heterocycles. The number of aliphatic carboxylic acids is 3. The highest BCUT2D eigenvalue weighted by Crippen LogP contribution is 2.23. The van der Waals surface area contributed by atoms with E-state index in [9.17, 15) is 32.7 Å². The summed E-state index contributed by atoms with van der Waals surface area (Å²) in [4.78, 5) is 46.2. The monoisotopic (exact) mass is 665 g/mol. The molecule has 0 aliphatic carbocycles. The number of nitrogens with two attached hydrogens (primary N) is 1. The molecule has 3 rings (SSSR count). The number of amides is 1. The molecule has 1 heterocycles. The molecule has 1 aliphatic rings. The van der Waals surface area contributed by atoms with Crippen molar-refractivity contribution < 1.29 is 57.1 Å². The molecule has 0 radical (unpaired) electrons. The SMILES string of the molecule is CC(=N)N1CCC(Oc2ccc(C(=O)N[C@@H](COc3cc(C(=N)N)ccc3/C=C/C(=O)O)CC(=O)O)cc2)CC1.O=C(O)C(F)(F)F. The van der Waals surface area contributed by atoms with E-state index >= 15 is 0 Å². The van der Waals surface area contributed by atoms with Gasteiger partial charge in [0.2, 0.25) is 0 Å². The summed E-state index contributed by atoms with van der Waals surface area (Å²) in [6, 6.07) is 10.1. The molecule has 0 bridgehead atoms. The number of nitrogens with one attached hydrogen (secondary N) is 3. The number of nitrogen functional groups attached to an aromatic ring is 1. The van der Waals surface area contributed by atoms with Gasteiger partial charge in [-0.05, 0) is 43.3 Å². The third-order valence-electron chi connectivity index (χ3n) is 6.50. The Kier molecular flexibility index (Phi) is 13.7. The Labute approximate surface area is 266 Å². The number of halogens is 3. The number of alkyl halides is 3. The molecule has 1 atom stereocenters. The van der Waals surface area contributed by atoms with Crippen molar-refractivity contribution in [2.75, 3.05) is 19.7 Å². The number of ether oxygens (including phenoxy) is 2. The minimum absolute atomic E-state index is 0.0177. The number of likely N-dealkylation sites (tertiary alicyclic amines) is 1. The highest BCUT2D eigenvalue weighted by atomic mass is 19.4. The van der Waals surface area contributed by atoms with Crippen LogP contribution in [0.25, 0.3) is 6.08 Å². The zero-order valence-electron chi connectivity index (χ0n) is 25.0. The lowest BCUT2D eigenvalue weighted by molar-refractivity contribution is -0.192. The average Bonchev–Trinajstić information content (AvgIpc) is 2.99. The highest BCUT2D eigenvalue weighted by molar-refractivity contribution is 5.96. The van der Waals surface area contributed by atoms with Crippen LogP contribution in [0.1, 0.15) is 47.7 Å². The fourth-order valence-electron chi connectivity index (χ4n) is 4.13. The Morgan fingerprint density at radius 1 is 1.04 bits per heavy atom. The van der Waals surface area contributed by atoms with Crippen molar-refractivity contribution in [1.82, 2.24) is 10.2 Å². The van der Waals surface area contributed by atoms with Crippen LogP contribution < -0.4 is 20.5 Å². The average molecular weight is 666 g/mol. The number of rotatable bonds is 12. The van der Waals surface area contributed by atoms with Crippen LogP contribution in [-0.2, 0) is 14.4 Å². The molecule has 8 N–H and O–H groups in total. The van der Waals surface area contributed by atoms with E-state index in [1.807, 2.05) is 4.90 Å². The van der Waals surface area contributed by atoms with Gasteiger partial charge in [0.15, 0.2) is 0 Å². The van der Waals surface area contributed by atoms with Gasteiger partial charge in [0.05, 0.1) is 18.3 Å². The Bertz CT molecular complexity index is 1490. The first-order valence-electron chi connectivity index (χ1n) is 13.9. The molecular weight excluding hydrogens is 631 g/mol. The van der Waals surface area contributed by atoms with Gasteiger partial charge in [-0.2, -0.15) is 13.2 Å². The zero-order chi connectivity index (χ0) is 35.3. The van der Waals surface area contributed by atoms with Crippen LogP contribution in [0, 0.1) is 10.8 Å². The number of benzene rings is 2. The smallest absolute Gasteiger partial charge is 0.490 e. The maximum absolute atomic E-state index is 12.9. The molecule has 0 spiro atoms. The van der Waals surface area contributed by atoms with Gasteiger partial charge in [0, 0.05) is 48.7 Å². The Morgan fingerprint density at radius 3 is 2.11 bits per heavy atom. The summed E-state index contributed by atoms with van der Waals surface area (Å²) >= 11 is 0. The molecule has 0 saturated carbocycles. The molecule has 2 aromatic carbocycles. The second-order valence-corrected chi connectivity index (χ2v) is 10.1. The van der Waals surface area contributed by atoms with Gasteiger partial charge >= 0.3 is 24.1 Å². The van der Waals surface area contributed by atoms with E-state index in [4.69, 9.17) is 41.0 Å². The molecule has 1 fully saturated rings. The van der Waals surface area contributed by atoms with Crippen molar-refractivity contribution in [1.29, 1.82) is 10.8 Å². The summed E-state index contributed by atoms with van der Waals surface area (Å²) in [5.41, 5.74) is 6.56. The van der Waals surface area contributed by atoms with E-state index in [0.717, 1.165) is 32.0 Å². The van der Waals surface area contributed by atoms with Crippen molar-refractivity contribution in [3.05, 3.63) is 65.2 Å².